The maximum absolute atomic E-state index is 13.3. The van der Waals surface area contributed by atoms with Crippen LogP contribution in [0.2, 0.25) is 0 Å². The van der Waals surface area contributed by atoms with Crippen LogP contribution in [0.4, 0.5) is 27.8 Å². The van der Waals surface area contributed by atoms with Crippen LogP contribution in [-0.4, -0.2) is 56.4 Å². The van der Waals surface area contributed by atoms with Crippen molar-refractivity contribution in [3.63, 3.8) is 0 Å². The quantitative estimate of drug-likeness (QED) is 0.178. The predicted molar refractivity (Wildman–Crippen MR) is 167 cm³/mol. The lowest BCUT2D eigenvalue weighted by Crippen LogP contribution is -2.22. The summed E-state index contributed by atoms with van der Waals surface area (Å²) >= 11 is 0. The zero-order chi connectivity index (χ0) is 31.4. The molecular weight excluding hydrogens is 574 g/mol. The second-order valence-corrected chi connectivity index (χ2v) is 12.2. The van der Waals surface area contributed by atoms with E-state index in [1.54, 1.807) is 31.3 Å². The molecule has 2 amide bonds. The van der Waals surface area contributed by atoms with Crippen molar-refractivity contribution in [1.82, 2.24) is 15.0 Å². The van der Waals surface area contributed by atoms with Gasteiger partial charge in [-0.1, -0.05) is 45.0 Å². The normalized spacial score (nSPS) is 11.5. The molecule has 0 radical (unpaired) electrons. The number of hydrogen-bond acceptors (Lipinski definition) is 10. The van der Waals surface area contributed by atoms with Gasteiger partial charge in [-0.2, -0.15) is 9.97 Å². The molecule has 3 aromatic carbocycles. The minimum absolute atomic E-state index is 0.0377. The Balaban J connectivity index is 1.66. The number of aromatic nitrogens is 3. The van der Waals surface area contributed by atoms with Crippen molar-refractivity contribution in [2.24, 2.45) is 0 Å². The van der Waals surface area contributed by atoms with Crippen LogP contribution in [0.3, 0.4) is 0 Å². The van der Waals surface area contributed by atoms with Crippen LogP contribution in [0.15, 0.2) is 48.5 Å². The average Bonchev–Trinajstić information content (AvgIpc) is 2.93. The number of methoxy groups -OCH3 is 1. The van der Waals surface area contributed by atoms with Crippen LogP contribution in [0.1, 0.15) is 33.3 Å². The van der Waals surface area contributed by atoms with Gasteiger partial charge in [-0.15, -0.1) is 4.98 Å². The van der Waals surface area contributed by atoms with Crippen LogP contribution in [0.25, 0.3) is 10.8 Å². The molecule has 13 nitrogen and oxygen atoms in total. The summed E-state index contributed by atoms with van der Waals surface area (Å²) < 4.78 is 43.5. The summed E-state index contributed by atoms with van der Waals surface area (Å²) in [6.45, 7) is 8.13. The minimum atomic E-state index is -3.62. The lowest BCUT2D eigenvalue weighted by molar-refractivity contribution is 0.262. The third-order valence-corrected chi connectivity index (χ3v) is 6.72. The lowest BCUT2D eigenvalue weighted by Gasteiger charge is -2.24. The van der Waals surface area contributed by atoms with Gasteiger partial charge in [0.2, 0.25) is 16.0 Å². The molecule has 0 aliphatic heterocycles. The van der Waals surface area contributed by atoms with E-state index in [9.17, 15) is 13.2 Å². The molecule has 0 unspecified atom stereocenters. The molecule has 4 aromatic rings. The lowest BCUT2D eigenvalue weighted by atomic mass is 9.86. The van der Waals surface area contributed by atoms with Gasteiger partial charge in [0, 0.05) is 17.8 Å². The maximum Gasteiger partial charge on any atom is 0.330 e. The fraction of sp³-hybridized carbons (Fsp3) is 0.310. The highest BCUT2D eigenvalue weighted by molar-refractivity contribution is 7.92. The number of anilines is 4. The molecule has 43 heavy (non-hydrogen) atoms. The summed E-state index contributed by atoms with van der Waals surface area (Å²) in [6, 6.07) is 13.8. The third-order valence-electron chi connectivity index (χ3n) is 6.13. The van der Waals surface area contributed by atoms with E-state index >= 15 is 0 Å². The number of urea groups is 1. The standard InChI is InChI=1S/C29H35N7O6S/c1-8-41-27-33-25(30-5)34-28(35-27)42-23-14-13-20(18-11-9-10-12-19(18)23)31-26(37)32-21-15-17(29(2,3)4)16-22(24(21)40-6)36-43(7,38)39/h9-16,36H,8H2,1-7H3,(H2,31,32,37)(H,30,33,34,35). The fourth-order valence-corrected chi connectivity index (χ4v) is 4.73. The van der Waals surface area contributed by atoms with Gasteiger partial charge in [0.05, 0.1) is 37.0 Å². The molecule has 0 saturated carbocycles. The van der Waals surface area contributed by atoms with Crippen LogP contribution < -0.4 is 34.9 Å². The number of fused-ring (bicyclic) bond motifs is 1. The summed E-state index contributed by atoms with van der Waals surface area (Å²) in [6.07, 6.45) is 1.05. The Morgan fingerprint density at radius 1 is 0.907 bits per heavy atom. The molecule has 0 spiro atoms. The van der Waals surface area contributed by atoms with E-state index in [1.807, 2.05) is 52.0 Å². The van der Waals surface area contributed by atoms with Crippen molar-refractivity contribution in [3.8, 4) is 23.5 Å². The highest BCUT2D eigenvalue weighted by atomic mass is 32.2. The second-order valence-electron chi connectivity index (χ2n) is 10.5. The first-order chi connectivity index (χ1) is 20.3. The van der Waals surface area contributed by atoms with E-state index in [1.165, 1.54) is 7.11 Å². The van der Waals surface area contributed by atoms with Crippen LogP contribution in [0.5, 0.6) is 23.5 Å². The highest BCUT2D eigenvalue weighted by Gasteiger charge is 2.22. The van der Waals surface area contributed by atoms with Gasteiger partial charge in [0.1, 0.15) is 5.75 Å². The number of nitrogens with zero attached hydrogens (tertiary/aromatic N) is 3. The SMILES string of the molecule is CCOc1nc(NC)nc(Oc2ccc(NC(=O)Nc3cc(C(C)(C)C)cc(NS(C)(=O)=O)c3OC)c3ccccc23)n1. The molecule has 0 aliphatic carbocycles. The Kier molecular flexibility index (Phi) is 9.09. The highest BCUT2D eigenvalue weighted by Crippen LogP contribution is 2.39. The Hall–Kier alpha value is -4.85. The molecule has 4 rings (SSSR count). The van der Waals surface area contributed by atoms with E-state index in [2.05, 4.69) is 35.6 Å². The minimum Gasteiger partial charge on any atom is -0.492 e. The zero-order valence-electron chi connectivity index (χ0n) is 25.0. The number of benzene rings is 3. The van der Waals surface area contributed by atoms with Gasteiger partial charge < -0.3 is 30.2 Å². The number of sulfonamides is 1. The topological polar surface area (TPSA) is 166 Å². The predicted octanol–water partition coefficient (Wildman–Crippen LogP) is 5.58. The fourth-order valence-electron chi connectivity index (χ4n) is 4.18. The molecule has 0 atom stereocenters. The Labute approximate surface area is 250 Å². The molecule has 0 bridgehead atoms. The number of carbonyl (C=O) groups is 1. The summed E-state index contributed by atoms with van der Waals surface area (Å²) in [4.78, 5) is 25.9. The van der Waals surface area contributed by atoms with Crippen molar-refractivity contribution in [3.05, 3.63) is 54.1 Å². The number of rotatable bonds is 10. The molecule has 0 fully saturated rings. The van der Waals surface area contributed by atoms with Crippen LogP contribution in [-0.2, 0) is 15.4 Å². The van der Waals surface area contributed by atoms with Crippen molar-refractivity contribution in [2.75, 3.05) is 47.7 Å². The molecule has 228 valence electrons. The van der Waals surface area contributed by atoms with Gasteiger partial charge in [0.25, 0.3) is 0 Å². The van der Waals surface area contributed by atoms with Gasteiger partial charge >= 0.3 is 18.1 Å². The summed E-state index contributed by atoms with van der Waals surface area (Å²) in [5, 5.41) is 9.92. The number of hydrogen-bond donors (Lipinski definition) is 4. The van der Waals surface area contributed by atoms with Gasteiger partial charge in [-0.25, -0.2) is 13.2 Å². The van der Waals surface area contributed by atoms with E-state index < -0.39 is 16.1 Å². The van der Waals surface area contributed by atoms with Crippen molar-refractivity contribution in [2.45, 2.75) is 33.1 Å². The van der Waals surface area contributed by atoms with Crippen LogP contribution in [0, 0.1) is 0 Å². The number of nitrogens with one attached hydrogen (secondary N) is 4. The van der Waals surface area contributed by atoms with Gasteiger partial charge in [0.15, 0.2) is 5.75 Å². The van der Waals surface area contributed by atoms with E-state index in [0.29, 0.717) is 34.5 Å². The van der Waals surface area contributed by atoms with Crippen LogP contribution >= 0.6 is 0 Å². The molecule has 4 N–H and O–H groups in total. The average molecular weight is 610 g/mol. The van der Waals surface area contributed by atoms with E-state index in [-0.39, 0.29) is 34.8 Å². The largest absolute Gasteiger partial charge is 0.492 e. The molecule has 0 aliphatic rings. The van der Waals surface area contributed by atoms with Gasteiger partial charge in [-0.3, -0.25) is 4.72 Å². The van der Waals surface area contributed by atoms with Crippen molar-refractivity contribution >= 4 is 49.8 Å². The van der Waals surface area contributed by atoms with E-state index in [4.69, 9.17) is 14.2 Å². The molecule has 1 heterocycles. The molecular formula is C29H35N7O6S. The first kappa shape index (κ1) is 31.1. The maximum atomic E-state index is 13.3. The van der Waals surface area contributed by atoms with E-state index in [0.717, 1.165) is 11.8 Å². The Bertz CT molecular complexity index is 1760. The Morgan fingerprint density at radius 2 is 1.56 bits per heavy atom. The number of carbonyl (C=O) groups excluding carboxylic acids is 1. The van der Waals surface area contributed by atoms with Crippen molar-refractivity contribution in [1.29, 1.82) is 0 Å². The van der Waals surface area contributed by atoms with Crippen molar-refractivity contribution < 1.29 is 27.4 Å². The number of amides is 2. The zero-order valence-corrected chi connectivity index (χ0v) is 25.8. The van der Waals surface area contributed by atoms with Gasteiger partial charge in [-0.05, 0) is 42.2 Å². The molecule has 0 saturated heterocycles. The summed E-state index contributed by atoms with van der Waals surface area (Å²) in [5.74, 6) is 0.911. The Morgan fingerprint density at radius 3 is 2.19 bits per heavy atom. The third kappa shape index (κ3) is 7.71. The smallest absolute Gasteiger partial charge is 0.330 e. The molecule has 1 aromatic heterocycles. The first-order valence-electron chi connectivity index (χ1n) is 13.4. The molecule has 14 heteroatoms. The second kappa shape index (κ2) is 12.6. The summed E-state index contributed by atoms with van der Waals surface area (Å²) in [5.41, 5.74) is 1.45. The first-order valence-corrected chi connectivity index (χ1v) is 15.2. The summed E-state index contributed by atoms with van der Waals surface area (Å²) in [7, 11) is -0.544. The monoisotopic (exact) mass is 609 g/mol. The number of ether oxygens (including phenoxy) is 3.